The van der Waals surface area contributed by atoms with E-state index in [2.05, 4.69) is 52.0 Å². The number of hydrogen-bond acceptors (Lipinski definition) is 0. The Kier molecular flexibility index (Phi) is 5.74. The maximum Gasteiger partial charge on any atom is -0.0222 e. The predicted molar refractivity (Wildman–Crippen MR) is 77.4 cm³/mol. The van der Waals surface area contributed by atoms with Crippen molar-refractivity contribution in [2.24, 2.45) is 5.41 Å². The SMILES string of the molecule is CCCCC(C)(CCC)Cc1ccccc1C. The predicted octanol–water partition coefficient (Wildman–Crippen LogP) is 5.53. The summed E-state index contributed by atoms with van der Waals surface area (Å²) in [5.41, 5.74) is 3.49. The summed E-state index contributed by atoms with van der Waals surface area (Å²) in [6.45, 7) is 9.31. The van der Waals surface area contributed by atoms with Crippen LogP contribution >= 0.6 is 0 Å². The Labute approximate surface area is 107 Å². The molecule has 0 aliphatic carbocycles. The van der Waals surface area contributed by atoms with Gasteiger partial charge < -0.3 is 0 Å². The lowest BCUT2D eigenvalue weighted by Gasteiger charge is -2.30. The standard InChI is InChI=1S/C17H28/c1-5-7-13-17(4,12-6-2)14-16-11-9-8-10-15(16)3/h8-11H,5-7,12-14H2,1-4H3. The summed E-state index contributed by atoms with van der Waals surface area (Å²) in [4.78, 5) is 0. The highest BCUT2D eigenvalue weighted by molar-refractivity contribution is 5.26. The Morgan fingerprint density at radius 2 is 1.71 bits per heavy atom. The average Bonchev–Trinajstić information content (AvgIpc) is 2.30. The Morgan fingerprint density at radius 3 is 2.29 bits per heavy atom. The van der Waals surface area contributed by atoms with Gasteiger partial charge in [-0.15, -0.1) is 0 Å². The van der Waals surface area contributed by atoms with Gasteiger partial charge in [0.15, 0.2) is 0 Å². The second-order valence-electron chi connectivity index (χ2n) is 5.77. The van der Waals surface area contributed by atoms with Crippen LogP contribution in [0.5, 0.6) is 0 Å². The van der Waals surface area contributed by atoms with E-state index in [0.717, 1.165) is 0 Å². The van der Waals surface area contributed by atoms with Crippen molar-refractivity contribution in [3.63, 3.8) is 0 Å². The highest BCUT2D eigenvalue weighted by Crippen LogP contribution is 2.34. The van der Waals surface area contributed by atoms with Crippen LogP contribution < -0.4 is 0 Å². The molecule has 0 saturated carbocycles. The largest absolute Gasteiger partial charge is 0.0654 e. The molecule has 0 amide bonds. The van der Waals surface area contributed by atoms with E-state index < -0.39 is 0 Å². The summed E-state index contributed by atoms with van der Waals surface area (Å²) in [7, 11) is 0. The van der Waals surface area contributed by atoms with Crippen molar-refractivity contribution in [3.8, 4) is 0 Å². The lowest BCUT2D eigenvalue weighted by Crippen LogP contribution is -2.20. The van der Waals surface area contributed by atoms with Crippen molar-refractivity contribution < 1.29 is 0 Å². The zero-order chi connectivity index (χ0) is 12.7. The van der Waals surface area contributed by atoms with E-state index in [0.29, 0.717) is 5.41 Å². The molecule has 1 aromatic carbocycles. The molecule has 0 aromatic heterocycles. The van der Waals surface area contributed by atoms with Gasteiger partial charge in [0.05, 0.1) is 0 Å². The van der Waals surface area contributed by atoms with Crippen LogP contribution in [0.3, 0.4) is 0 Å². The normalized spacial score (nSPS) is 14.6. The first-order valence-corrected chi connectivity index (χ1v) is 7.16. The van der Waals surface area contributed by atoms with Crippen molar-refractivity contribution in [1.29, 1.82) is 0 Å². The fraction of sp³-hybridized carbons (Fsp3) is 0.647. The number of aryl methyl sites for hydroxylation is 1. The summed E-state index contributed by atoms with van der Waals surface area (Å²) in [6.07, 6.45) is 7.93. The summed E-state index contributed by atoms with van der Waals surface area (Å²) in [6, 6.07) is 8.85. The summed E-state index contributed by atoms with van der Waals surface area (Å²) >= 11 is 0. The lowest BCUT2D eigenvalue weighted by molar-refractivity contribution is 0.258. The number of hydrogen-bond donors (Lipinski definition) is 0. The first-order chi connectivity index (χ1) is 8.11. The zero-order valence-corrected chi connectivity index (χ0v) is 12.1. The fourth-order valence-corrected chi connectivity index (χ4v) is 2.78. The van der Waals surface area contributed by atoms with Gasteiger partial charge in [0.25, 0.3) is 0 Å². The van der Waals surface area contributed by atoms with Crippen molar-refractivity contribution in [3.05, 3.63) is 35.4 Å². The molecule has 1 rings (SSSR count). The quantitative estimate of drug-likeness (QED) is 0.579. The zero-order valence-electron chi connectivity index (χ0n) is 12.1. The number of unbranched alkanes of at least 4 members (excludes halogenated alkanes) is 1. The molecular formula is C17H28. The molecule has 0 fully saturated rings. The molecule has 0 spiro atoms. The van der Waals surface area contributed by atoms with Crippen LogP contribution in [0.1, 0.15) is 64.0 Å². The van der Waals surface area contributed by atoms with Crippen molar-refractivity contribution in [2.75, 3.05) is 0 Å². The van der Waals surface area contributed by atoms with Crippen LogP contribution in [0.25, 0.3) is 0 Å². The molecule has 0 aliphatic rings. The third-order valence-electron chi connectivity index (χ3n) is 3.87. The molecule has 0 saturated heterocycles. The Balaban J connectivity index is 2.75. The molecule has 0 bridgehead atoms. The number of benzene rings is 1. The van der Waals surface area contributed by atoms with Gasteiger partial charge >= 0.3 is 0 Å². The van der Waals surface area contributed by atoms with E-state index in [1.165, 1.54) is 44.1 Å². The van der Waals surface area contributed by atoms with Crippen LogP contribution in [0, 0.1) is 12.3 Å². The Hall–Kier alpha value is -0.780. The van der Waals surface area contributed by atoms with E-state index in [1.54, 1.807) is 5.56 Å². The van der Waals surface area contributed by atoms with Gasteiger partial charge in [0.2, 0.25) is 0 Å². The smallest absolute Gasteiger partial charge is 0.0222 e. The third kappa shape index (κ3) is 4.53. The molecule has 1 aromatic rings. The average molecular weight is 232 g/mol. The Bertz CT molecular complexity index is 327. The van der Waals surface area contributed by atoms with Gasteiger partial charge in [-0.25, -0.2) is 0 Å². The van der Waals surface area contributed by atoms with Crippen LogP contribution in [0.2, 0.25) is 0 Å². The van der Waals surface area contributed by atoms with E-state index in [9.17, 15) is 0 Å². The minimum Gasteiger partial charge on any atom is -0.0654 e. The first kappa shape index (κ1) is 14.3. The van der Waals surface area contributed by atoms with E-state index in [4.69, 9.17) is 0 Å². The maximum atomic E-state index is 2.47. The molecule has 1 unspecified atom stereocenters. The van der Waals surface area contributed by atoms with Crippen LogP contribution in [-0.2, 0) is 6.42 Å². The van der Waals surface area contributed by atoms with E-state index in [-0.39, 0.29) is 0 Å². The minimum atomic E-state index is 0.497. The molecule has 0 nitrogen and oxygen atoms in total. The summed E-state index contributed by atoms with van der Waals surface area (Å²) < 4.78 is 0. The van der Waals surface area contributed by atoms with Crippen molar-refractivity contribution >= 4 is 0 Å². The topological polar surface area (TPSA) is 0 Å². The van der Waals surface area contributed by atoms with Crippen molar-refractivity contribution in [2.45, 2.75) is 66.2 Å². The van der Waals surface area contributed by atoms with Crippen LogP contribution in [0.15, 0.2) is 24.3 Å². The molecule has 96 valence electrons. The van der Waals surface area contributed by atoms with Crippen molar-refractivity contribution in [1.82, 2.24) is 0 Å². The fourth-order valence-electron chi connectivity index (χ4n) is 2.78. The van der Waals surface area contributed by atoms with Gasteiger partial charge in [0.1, 0.15) is 0 Å². The molecule has 0 heterocycles. The number of rotatable bonds is 7. The first-order valence-electron chi connectivity index (χ1n) is 7.16. The highest BCUT2D eigenvalue weighted by atomic mass is 14.3. The van der Waals surface area contributed by atoms with Crippen LogP contribution in [-0.4, -0.2) is 0 Å². The molecule has 17 heavy (non-hydrogen) atoms. The van der Waals surface area contributed by atoms with Gasteiger partial charge in [-0.1, -0.05) is 64.3 Å². The highest BCUT2D eigenvalue weighted by Gasteiger charge is 2.23. The second-order valence-corrected chi connectivity index (χ2v) is 5.77. The van der Waals surface area contributed by atoms with Gasteiger partial charge in [-0.05, 0) is 42.7 Å². The maximum absolute atomic E-state index is 2.47. The molecule has 0 heteroatoms. The van der Waals surface area contributed by atoms with Gasteiger partial charge in [0, 0.05) is 0 Å². The molecule has 0 aliphatic heterocycles. The monoisotopic (exact) mass is 232 g/mol. The minimum absolute atomic E-state index is 0.497. The molecule has 0 N–H and O–H groups in total. The van der Waals surface area contributed by atoms with Gasteiger partial charge in [-0.2, -0.15) is 0 Å². The summed E-state index contributed by atoms with van der Waals surface area (Å²) in [5.74, 6) is 0. The molecule has 0 radical (unpaired) electrons. The summed E-state index contributed by atoms with van der Waals surface area (Å²) in [5, 5.41) is 0. The lowest BCUT2D eigenvalue weighted by atomic mass is 9.75. The van der Waals surface area contributed by atoms with Crippen LogP contribution in [0.4, 0.5) is 0 Å². The van der Waals surface area contributed by atoms with E-state index >= 15 is 0 Å². The van der Waals surface area contributed by atoms with Gasteiger partial charge in [-0.3, -0.25) is 0 Å². The second kappa shape index (κ2) is 6.83. The molecular weight excluding hydrogens is 204 g/mol. The Morgan fingerprint density at radius 1 is 1.00 bits per heavy atom. The third-order valence-corrected chi connectivity index (χ3v) is 3.87. The van der Waals surface area contributed by atoms with E-state index in [1.807, 2.05) is 0 Å². The molecule has 1 atom stereocenters.